The van der Waals surface area contributed by atoms with Crippen molar-refractivity contribution in [3.8, 4) is 0 Å². The Balaban J connectivity index is 2.82. The van der Waals surface area contributed by atoms with Crippen molar-refractivity contribution in [3.05, 3.63) is 29.8 Å². The van der Waals surface area contributed by atoms with Gasteiger partial charge < -0.3 is 14.5 Å². The molecular weight excluding hydrogens is 279 g/mol. The number of hydrogen-bond acceptors (Lipinski definition) is 3. The summed E-state index contributed by atoms with van der Waals surface area (Å²) in [6, 6.07) is 7.41. The maximum absolute atomic E-state index is 9.15. The molecule has 0 unspecified atom stereocenters. The van der Waals surface area contributed by atoms with Crippen molar-refractivity contribution < 1.29 is 14.5 Å². The van der Waals surface area contributed by atoms with Crippen LogP contribution in [0.25, 0.3) is 0 Å². The zero-order valence-corrected chi connectivity index (χ0v) is 15.4. The van der Waals surface area contributed by atoms with Crippen LogP contribution in [0.2, 0.25) is 18.1 Å². The van der Waals surface area contributed by atoms with E-state index in [1.54, 1.807) is 12.1 Å². The summed E-state index contributed by atoms with van der Waals surface area (Å²) in [6.07, 6.45) is 0. The van der Waals surface area contributed by atoms with Gasteiger partial charge in [0.15, 0.2) is 8.32 Å². The van der Waals surface area contributed by atoms with Gasteiger partial charge in [0.25, 0.3) is 0 Å². The summed E-state index contributed by atoms with van der Waals surface area (Å²) in [7, 11) is -3.17. The van der Waals surface area contributed by atoms with Gasteiger partial charge in [-0.1, -0.05) is 58.9 Å². The summed E-state index contributed by atoms with van der Waals surface area (Å²) in [6.45, 7) is 16.2. The van der Waals surface area contributed by atoms with E-state index in [-0.39, 0.29) is 10.5 Å². The molecule has 1 aromatic rings. The third-order valence-electron chi connectivity index (χ3n) is 4.59. The Morgan fingerprint density at radius 1 is 1.00 bits per heavy atom. The highest BCUT2D eigenvalue weighted by Crippen LogP contribution is 2.38. The fourth-order valence-corrected chi connectivity index (χ4v) is 2.92. The Labute approximate surface area is 130 Å². The second kappa shape index (κ2) is 6.25. The van der Waals surface area contributed by atoms with E-state index in [4.69, 9.17) is 14.5 Å². The van der Waals surface area contributed by atoms with Crippen molar-refractivity contribution >= 4 is 20.9 Å². The van der Waals surface area contributed by atoms with Gasteiger partial charge >= 0.3 is 7.12 Å². The lowest BCUT2D eigenvalue weighted by atomic mass is 9.77. The Kier molecular flexibility index (Phi) is 5.48. The molecule has 0 aliphatic heterocycles. The van der Waals surface area contributed by atoms with Gasteiger partial charge in [0, 0.05) is 12.0 Å². The normalized spacial score (nSPS) is 13.4. The quantitative estimate of drug-likeness (QED) is 0.822. The molecule has 0 saturated heterocycles. The molecule has 0 amide bonds. The average molecular weight is 308 g/mol. The molecule has 3 nitrogen and oxygen atoms in total. The van der Waals surface area contributed by atoms with Crippen LogP contribution in [0.15, 0.2) is 24.3 Å². The van der Waals surface area contributed by atoms with Gasteiger partial charge in [-0.25, -0.2) is 0 Å². The van der Waals surface area contributed by atoms with Crippen LogP contribution in [0.3, 0.4) is 0 Å². The summed E-state index contributed by atoms with van der Waals surface area (Å²) in [5.41, 5.74) is 1.56. The third-order valence-corrected chi connectivity index (χ3v) is 9.07. The second-order valence-electron chi connectivity index (χ2n) is 7.93. The third kappa shape index (κ3) is 4.68. The van der Waals surface area contributed by atoms with Gasteiger partial charge in [0.05, 0.1) is 0 Å². The molecule has 0 aromatic heterocycles. The first-order valence-electron chi connectivity index (χ1n) is 7.47. The van der Waals surface area contributed by atoms with Gasteiger partial charge in [-0.2, -0.15) is 0 Å². The van der Waals surface area contributed by atoms with E-state index in [0.717, 1.165) is 5.56 Å². The molecule has 0 atom stereocenters. The van der Waals surface area contributed by atoms with Gasteiger partial charge in [-0.3, -0.25) is 0 Å². The lowest BCUT2D eigenvalue weighted by Gasteiger charge is -2.39. The number of rotatable bonds is 5. The highest BCUT2D eigenvalue weighted by Gasteiger charge is 2.38. The van der Waals surface area contributed by atoms with E-state index in [9.17, 15) is 0 Å². The van der Waals surface area contributed by atoms with Gasteiger partial charge in [0.2, 0.25) is 0 Å². The van der Waals surface area contributed by atoms with Crippen LogP contribution in [0.5, 0.6) is 0 Å². The van der Waals surface area contributed by atoms with Crippen molar-refractivity contribution in [1.29, 1.82) is 0 Å². The van der Waals surface area contributed by atoms with E-state index in [1.807, 2.05) is 12.1 Å². The van der Waals surface area contributed by atoms with Crippen molar-refractivity contribution in [1.82, 2.24) is 0 Å². The monoisotopic (exact) mass is 308 g/mol. The largest absolute Gasteiger partial charge is 0.488 e. The Morgan fingerprint density at radius 3 is 1.86 bits per heavy atom. The standard InChI is InChI=1S/C16H29BO3Si/c1-15(2,3)21(6,7)20-12-16(4,5)13-8-10-14(11-9-13)17(18)19/h8-11,18-19H,12H2,1-7H3. The fourth-order valence-electron chi connectivity index (χ4n) is 1.77. The van der Waals surface area contributed by atoms with Crippen molar-refractivity contribution in [2.24, 2.45) is 0 Å². The average Bonchev–Trinajstić information content (AvgIpc) is 2.35. The van der Waals surface area contributed by atoms with Crippen molar-refractivity contribution in [3.63, 3.8) is 0 Å². The van der Waals surface area contributed by atoms with Gasteiger partial charge in [-0.05, 0) is 29.2 Å². The van der Waals surface area contributed by atoms with Crippen LogP contribution >= 0.6 is 0 Å². The highest BCUT2D eigenvalue weighted by atomic mass is 28.4. The molecular formula is C16H29BO3Si. The molecule has 0 bridgehead atoms. The molecule has 2 N–H and O–H groups in total. The van der Waals surface area contributed by atoms with Gasteiger partial charge in [0.1, 0.15) is 0 Å². The summed E-state index contributed by atoms with van der Waals surface area (Å²) in [4.78, 5) is 0. The Hall–Kier alpha value is -0.618. The molecule has 1 rings (SSSR count). The fraction of sp³-hybridized carbons (Fsp3) is 0.625. The first-order chi connectivity index (χ1) is 9.37. The first kappa shape index (κ1) is 18.4. The molecule has 0 heterocycles. The molecule has 118 valence electrons. The van der Waals surface area contributed by atoms with E-state index in [1.165, 1.54) is 0 Å². The smallest absolute Gasteiger partial charge is 0.423 e. The Bertz CT molecular complexity index is 461. The van der Waals surface area contributed by atoms with Crippen LogP contribution in [0, 0.1) is 0 Å². The van der Waals surface area contributed by atoms with E-state index in [0.29, 0.717) is 12.1 Å². The van der Waals surface area contributed by atoms with Crippen LogP contribution in [0.4, 0.5) is 0 Å². The maximum Gasteiger partial charge on any atom is 0.488 e. The molecule has 5 heteroatoms. The van der Waals surface area contributed by atoms with Crippen LogP contribution in [0.1, 0.15) is 40.2 Å². The van der Waals surface area contributed by atoms with E-state index < -0.39 is 15.4 Å². The molecule has 0 aliphatic carbocycles. The molecule has 0 fully saturated rings. The van der Waals surface area contributed by atoms with Crippen LogP contribution < -0.4 is 5.46 Å². The lowest BCUT2D eigenvalue weighted by molar-refractivity contribution is 0.220. The predicted octanol–water partition coefficient (Wildman–Crippen LogP) is 2.67. The molecule has 0 radical (unpaired) electrons. The van der Waals surface area contributed by atoms with E-state index in [2.05, 4.69) is 47.7 Å². The Morgan fingerprint density at radius 2 is 1.48 bits per heavy atom. The van der Waals surface area contributed by atoms with Crippen molar-refractivity contribution in [2.45, 2.75) is 58.2 Å². The minimum Gasteiger partial charge on any atom is -0.423 e. The molecule has 21 heavy (non-hydrogen) atoms. The summed E-state index contributed by atoms with van der Waals surface area (Å²) in [5, 5.41) is 18.5. The summed E-state index contributed by atoms with van der Waals surface area (Å²) >= 11 is 0. The number of hydrogen-bond donors (Lipinski definition) is 2. The second-order valence-corrected chi connectivity index (χ2v) is 12.7. The topological polar surface area (TPSA) is 49.7 Å². The molecule has 0 saturated carbocycles. The number of benzene rings is 1. The minimum absolute atomic E-state index is 0.103. The van der Waals surface area contributed by atoms with Crippen LogP contribution in [-0.2, 0) is 9.84 Å². The molecule has 0 spiro atoms. The maximum atomic E-state index is 9.15. The lowest BCUT2D eigenvalue weighted by Crippen LogP contribution is -2.44. The zero-order chi connectivity index (χ0) is 16.5. The highest BCUT2D eigenvalue weighted by molar-refractivity contribution is 6.74. The SMILES string of the molecule is CC(C)(CO[Si](C)(C)C(C)(C)C)c1ccc(B(O)O)cc1. The van der Waals surface area contributed by atoms with Crippen molar-refractivity contribution in [2.75, 3.05) is 6.61 Å². The minimum atomic E-state index is -1.76. The van der Waals surface area contributed by atoms with Gasteiger partial charge in [-0.15, -0.1) is 0 Å². The predicted molar refractivity (Wildman–Crippen MR) is 92.4 cm³/mol. The summed E-state index contributed by atoms with van der Waals surface area (Å²) < 4.78 is 6.33. The van der Waals surface area contributed by atoms with Crippen LogP contribution in [-0.4, -0.2) is 32.1 Å². The van der Waals surface area contributed by atoms with E-state index >= 15 is 0 Å². The molecule has 0 aliphatic rings. The molecule has 1 aromatic carbocycles. The zero-order valence-electron chi connectivity index (χ0n) is 14.4. The summed E-state index contributed by atoms with van der Waals surface area (Å²) in [5.74, 6) is 0. The first-order valence-corrected chi connectivity index (χ1v) is 10.4.